The van der Waals surface area contributed by atoms with E-state index >= 15 is 0 Å². The van der Waals surface area contributed by atoms with Crippen molar-refractivity contribution in [1.82, 2.24) is 9.55 Å². The third kappa shape index (κ3) is 8.81. The van der Waals surface area contributed by atoms with E-state index in [9.17, 15) is 43.1 Å². The topological polar surface area (TPSA) is 233 Å². The van der Waals surface area contributed by atoms with Gasteiger partial charge in [-0.2, -0.15) is 8.62 Å². The standard InChI is InChI=1S/C16H27N2O14P3/c19-12-8-15(18-7-6-14(20)17-16(18)21)30-13(12)10-29-34(24,25)32-35(26,27)31-33(22,23)28-9-11-4-2-1-3-5-11/h6-7,11-13,15,19H,1-5,8-10H2,(H,22,23)(H,24,25)(H,26,27)(H,17,20,21)/t12?,13-,15-/m1/s1. The van der Waals surface area contributed by atoms with Crippen molar-refractivity contribution in [3.8, 4) is 0 Å². The van der Waals surface area contributed by atoms with Crippen LogP contribution < -0.4 is 11.2 Å². The van der Waals surface area contributed by atoms with E-state index in [1.165, 1.54) is 0 Å². The average molecular weight is 564 g/mol. The van der Waals surface area contributed by atoms with Gasteiger partial charge in [-0.3, -0.25) is 23.4 Å². The van der Waals surface area contributed by atoms with E-state index in [0.29, 0.717) is 0 Å². The molecule has 16 nitrogen and oxygen atoms in total. The third-order valence-corrected chi connectivity index (χ3v) is 9.63. The first-order valence-corrected chi connectivity index (χ1v) is 15.1. The van der Waals surface area contributed by atoms with E-state index in [1.54, 1.807) is 0 Å². The second-order valence-corrected chi connectivity index (χ2v) is 12.7. The smallest absolute Gasteiger partial charge is 0.390 e. The predicted octanol–water partition coefficient (Wildman–Crippen LogP) is 1.13. The summed E-state index contributed by atoms with van der Waals surface area (Å²) in [5.74, 6) is -0.0345. The third-order valence-electron chi connectivity index (χ3n) is 5.38. The lowest BCUT2D eigenvalue weighted by atomic mass is 9.90. The minimum Gasteiger partial charge on any atom is -0.390 e. The Balaban J connectivity index is 1.51. The molecular formula is C16H27N2O14P3. The normalized spacial score (nSPS) is 28.7. The van der Waals surface area contributed by atoms with Crippen LogP contribution >= 0.6 is 23.5 Å². The number of aliphatic hydroxyl groups is 1. The van der Waals surface area contributed by atoms with Gasteiger partial charge in [-0.25, -0.2) is 18.5 Å². The minimum atomic E-state index is -5.61. The van der Waals surface area contributed by atoms with Crippen LogP contribution in [0.1, 0.15) is 44.8 Å². The lowest BCUT2D eigenvalue weighted by Gasteiger charge is -2.23. The summed E-state index contributed by atoms with van der Waals surface area (Å²) in [5.41, 5.74) is -1.46. The van der Waals surface area contributed by atoms with Crippen LogP contribution in [-0.4, -0.2) is 54.8 Å². The number of nitrogens with one attached hydrogen (secondary N) is 1. The van der Waals surface area contributed by atoms with Crippen molar-refractivity contribution >= 4 is 23.5 Å². The predicted molar refractivity (Wildman–Crippen MR) is 116 cm³/mol. The molecule has 4 unspecified atom stereocenters. The first-order valence-electron chi connectivity index (χ1n) is 10.6. The van der Waals surface area contributed by atoms with Crippen molar-refractivity contribution in [2.45, 2.75) is 57.0 Å². The van der Waals surface area contributed by atoms with E-state index in [2.05, 4.69) is 13.1 Å². The number of aliphatic hydroxyl groups excluding tert-OH is 1. The molecule has 1 aliphatic heterocycles. The van der Waals surface area contributed by atoms with Crippen LogP contribution in [0.4, 0.5) is 0 Å². The number of ether oxygens (including phenoxy) is 1. The number of aromatic nitrogens is 2. The zero-order valence-electron chi connectivity index (χ0n) is 18.3. The summed E-state index contributed by atoms with van der Waals surface area (Å²) in [4.78, 5) is 54.1. The van der Waals surface area contributed by atoms with Crippen LogP contribution in [0.3, 0.4) is 0 Å². The van der Waals surface area contributed by atoms with Crippen molar-refractivity contribution in [3.05, 3.63) is 33.1 Å². The number of hydrogen-bond acceptors (Lipinski definition) is 11. The van der Waals surface area contributed by atoms with Crippen molar-refractivity contribution in [3.63, 3.8) is 0 Å². The molecule has 0 aromatic carbocycles. The lowest BCUT2D eigenvalue weighted by Crippen LogP contribution is -2.31. The summed E-state index contributed by atoms with van der Waals surface area (Å²) >= 11 is 0. The zero-order valence-corrected chi connectivity index (χ0v) is 21.0. The van der Waals surface area contributed by atoms with Gasteiger partial charge in [-0.15, -0.1) is 0 Å². The molecule has 1 saturated heterocycles. The van der Waals surface area contributed by atoms with Crippen molar-refractivity contribution in [1.29, 1.82) is 0 Å². The highest BCUT2D eigenvalue weighted by Gasteiger charge is 2.44. The van der Waals surface area contributed by atoms with Gasteiger partial charge in [0.25, 0.3) is 5.56 Å². The molecule has 200 valence electrons. The zero-order chi connectivity index (χ0) is 25.9. The van der Waals surface area contributed by atoms with Crippen LogP contribution in [0.15, 0.2) is 21.9 Å². The molecule has 19 heteroatoms. The fraction of sp³-hybridized carbons (Fsp3) is 0.750. The molecule has 0 bridgehead atoms. The van der Waals surface area contributed by atoms with Crippen molar-refractivity contribution in [2.75, 3.05) is 13.2 Å². The summed E-state index contributed by atoms with van der Waals surface area (Å²) < 4.78 is 59.8. The summed E-state index contributed by atoms with van der Waals surface area (Å²) in [6.45, 7) is -1.05. The fourth-order valence-corrected chi connectivity index (χ4v) is 7.32. The monoisotopic (exact) mass is 564 g/mol. The van der Waals surface area contributed by atoms with Gasteiger partial charge >= 0.3 is 29.2 Å². The van der Waals surface area contributed by atoms with Gasteiger partial charge in [0.05, 0.1) is 19.3 Å². The van der Waals surface area contributed by atoms with Gasteiger partial charge in [-0.05, 0) is 18.8 Å². The molecule has 0 spiro atoms. The molecule has 5 N–H and O–H groups in total. The molecule has 2 heterocycles. The van der Waals surface area contributed by atoms with Crippen LogP contribution in [-0.2, 0) is 36.1 Å². The maximum absolute atomic E-state index is 12.1. The Morgan fingerprint density at radius 2 is 1.57 bits per heavy atom. The number of hydrogen-bond donors (Lipinski definition) is 5. The molecule has 3 rings (SSSR count). The van der Waals surface area contributed by atoms with Gasteiger partial charge in [0.1, 0.15) is 12.3 Å². The fourth-order valence-electron chi connectivity index (χ4n) is 3.73. The highest BCUT2D eigenvalue weighted by atomic mass is 31.3. The molecule has 1 aromatic rings. The summed E-state index contributed by atoms with van der Waals surface area (Å²) in [6, 6.07) is 1.05. The number of rotatable bonds is 11. The van der Waals surface area contributed by atoms with E-state index < -0.39 is 59.8 Å². The Bertz CT molecular complexity index is 1130. The van der Waals surface area contributed by atoms with Crippen LogP contribution in [0, 0.1) is 5.92 Å². The minimum absolute atomic E-state index is 0.0345. The molecule has 0 radical (unpaired) electrons. The van der Waals surface area contributed by atoms with E-state index in [0.717, 1.165) is 48.9 Å². The second kappa shape index (κ2) is 11.6. The van der Waals surface area contributed by atoms with E-state index in [4.69, 9.17) is 9.26 Å². The molecule has 35 heavy (non-hydrogen) atoms. The SMILES string of the molecule is O=c1ccn([C@H]2CC(O)[C@@H](COP(=O)(O)OP(=O)(O)OP(=O)(O)OCC3CCCCC3)O2)c(=O)[nH]1. The summed E-state index contributed by atoms with van der Waals surface area (Å²) in [6.07, 6.45) is 1.74. The lowest BCUT2D eigenvalue weighted by molar-refractivity contribution is -0.0450. The Morgan fingerprint density at radius 1 is 0.971 bits per heavy atom. The maximum Gasteiger partial charge on any atom is 0.490 e. The Labute approximate surface area is 198 Å². The van der Waals surface area contributed by atoms with E-state index in [1.807, 2.05) is 4.98 Å². The second-order valence-electron chi connectivity index (χ2n) is 8.11. The number of aromatic amines is 1. The number of phosphoric ester groups is 2. The maximum atomic E-state index is 12.1. The van der Waals surface area contributed by atoms with Gasteiger partial charge in [0.2, 0.25) is 0 Å². The first-order chi connectivity index (χ1) is 16.3. The molecular weight excluding hydrogens is 537 g/mol. The van der Waals surface area contributed by atoms with Gasteiger partial charge in [0, 0.05) is 18.7 Å². The van der Waals surface area contributed by atoms with Crippen molar-refractivity contribution < 1.29 is 55.9 Å². The molecule has 1 aromatic heterocycles. The van der Waals surface area contributed by atoms with Crippen molar-refractivity contribution in [2.24, 2.45) is 5.92 Å². The molecule has 1 saturated carbocycles. The highest BCUT2D eigenvalue weighted by molar-refractivity contribution is 7.66. The molecule has 2 aliphatic rings. The van der Waals surface area contributed by atoms with Gasteiger partial charge in [0.15, 0.2) is 0 Å². The molecule has 1 aliphatic carbocycles. The molecule has 6 atom stereocenters. The quantitative estimate of drug-likeness (QED) is 0.237. The summed E-state index contributed by atoms with van der Waals surface area (Å²) in [5, 5.41) is 10.1. The Hall–Kier alpha value is -0.990. The van der Waals surface area contributed by atoms with E-state index in [-0.39, 0.29) is 18.9 Å². The summed E-state index contributed by atoms with van der Waals surface area (Å²) in [7, 11) is -16.1. The molecule has 0 amide bonds. The van der Waals surface area contributed by atoms with Crippen LogP contribution in [0.2, 0.25) is 0 Å². The Kier molecular flexibility index (Phi) is 9.47. The number of phosphoric acid groups is 3. The first kappa shape index (κ1) is 28.6. The number of H-pyrrole nitrogens is 1. The van der Waals surface area contributed by atoms with Crippen LogP contribution in [0.25, 0.3) is 0 Å². The van der Waals surface area contributed by atoms with Gasteiger partial charge in [-0.1, -0.05) is 19.3 Å². The average Bonchev–Trinajstić information content (AvgIpc) is 3.10. The number of nitrogens with zero attached hydrogens (tertiary/aromatic N) is 1. The highest BCUT2D eigenvalue weighted by Crippen LogP contribution is 2.67. The Morgan fingerprint density at radius 3 is 2.17 bits per heavy atom. The largest absolute Gasteiger partial charge is 0.490 e. The molecule has 2 fully saturated rings. The van der Waals surface area contributed by atoms with Crippen LogP contribution in [0.5, 0.6) is 0 Å². The van der Waals surface area contributed by atoms with Gasteiger partial charge < -0.3 is 24.5 Å².